The summed E-state index contributed by atoms with van der Waals surface area (Å²) in [6, 6.07) is 7.74. The van der Waals surface area contributed by atoms with E-state index >= 15 is 0 Å². The topological polar surface area (TPSA) is 104 Å². The third-order valence-electron chi connectivity index (χ3n) is 3.39. The monoisotopic (exact) mass is 270 g/mol. The second kappa shape index (κ2) is 4.48. The highest BCUT2D eigenvalue weighted by atomic mass is 16.5. The predicted octanol–water partition coefficient (Wildman–Crippen LogP) is 0.990. The van der Waals surface area contributed by atoms with Crippen molar-refractivity contribution >= 4 is 11.7 Å². The standard InChI is InChI=1S/C14H14N4O2/c1-7-11(13(16)19)12(15)18-14(17-7)9-6-20-10-5-3-2-4-8(9)10/h2-5,9H,6H2,1H3,(H2,16,19)(H2,15,17,18). The van der Waals surface area contributed by atoms with Crippen LogP contribution in [0, 0.1) is 6.92 Å². The molecule has 4 N–H and O–H groups in total. The zero-order valence-corrected chi connectivity index (χ0v) is 11.0. The minimum absolute atomic E-state index is 0.0749. The number of amides is 1. The van der Waals surface area contributed by atoms with Gasteiger partial charge in [0.1, 0.15) is 29.6 Å². The van der Waals surface area contributed by atoms with Crippen LogP contribution >= 0.6 is 0 Å². The van der Waals surface area contributed by atoms with Crippen molar-refractivity contribution in [1.29, 1.82) is 0 Å². The number of nitrogens with zero attached hydrogens (tertiary/aromatic N) is 2. The maximum Gasteiger partial charge on any atom is 0.254 e. The highest BCUT2D eigenvalue weighted by molar-refractivity contribution is 5.98. The van der Waals surface area contributed by atoms with Gasteiger partial charge in [0.05, 0.1) is 11.6 Å². The van der Waals surface area contributed by atoms with E-state index in [9.17, 15) is 4.79 Å². The summed E-state index contributed by atoms with van der Waals surface area (Å²) in [7, 11) is 0. The number of carbonyl (C=O) groups is 1. The molecule has 1 aliphatic heterocycles. The van der Waals surface area contributed by atoms with Gasteiger partial charge in [0.2, 0.25) is 0 Å². The van der Waals surface area contributed by atoms with Crippen molar-refractivity contribution in [1.82, 2.24) is 9.97 Å². The summed E-state index contributed by atoms with van der Waals surface area (Å²) in [5.74, 6) is 0.805. The Balaban J connectivity index is 2.07. The third-order valence-corrected chi connectivity index (χ3v) is 3.39. The predicted molar refractivity (Wildman–Crippen MR) is 73.5 cm³/mol. The van der Waals surface area contributed by atoms with Crippen LogP contribution in [0.1, 0.15) is 33.4 Å². The van der Waals surface area contributed by atoms with Gasteiger partial charge in [0, 0.05) is 5.56 Å². The fraction of sp³-hybridized carbons (Fsp3) is 0.214. The van der Waals surface area contributed by atoms with E-state index in [0.717, 1.165) is 11.3 Å². The van der Waals surface area contributed by atoms with Gasteiger partial charge in [-0.05, 0) is 13.0 Å². The quantitative estimate of drug-likeness (QED) is 0.846. The van der Waals surface area contributed by atoms with E-state index in [4.69, 9.17) is 16.2 Å². The Hall–Kier alpha value is -2.63. The van der Waals surface area contributed by atoms with E-state index < -0.39 is 5.91 Å². The molecule has 0 saturated carbocycles. The highest BCUT2D eigenvalue weighted by Gasteiger charge is 2.29. The Morgan fingerprint density at radius 3 is 2.80 bits per heavy atom. The number of ether oxygens (including phenoxy) is 1. The van der Waals surface area contributed by atoms with Gasteiger partial charge < -0.3 is 16.2 Å². The van der Waals surface area contributed by atoms with Crippen molar-refractivity contribution in [2.45, 2.75) is 12.8 Å². The number of fused-ring (bicyclic) bond motifs is 1. The van der Waals surface area contributed by atoms with E-state index in [2.05, 4.69) is 9.97 Å². The van der Waals surface area contributed by atoms with E-state index in [0.29, 0.717) is 18.1 Å². The van der Waals surface area contributed by atoms with Crippen LogP contribution in [0.5, 0.6) is 5.75 Å². The number of para-hydroxylation sites is 1. The number of aromatic nitrogens is 2. The molecule has 0 aliphatic carbocycles. The van der Waals surface area contributed by atoms with Crippen LogP contribution in [0.2, 0.25) is 0 Å². The number of anilines is 1. The lowest BCUT2D eigenvalue weighted by molar-refractivity contribution is 0.1000. The van der Waals surface area contributed by atoms with Crippen molar-refractivity contribution < 1.29 is 9.53 Å². The zero-order chi connectivity index (χ0) is 14.3. The van der Waals surface area contributed by atoms with E-state index in [-0.39, 0.29) is 17.3 Å². The van der Waals surface area contributed by atoms with Crippen LogP contribution in [0.15, 0.2) is 24.3 Å². The first-order valence-electron chi connectivity index (χ1n) is 6.23. The summed E-state index contributed by atoms with van der Waals surface area (Å²) in [5.41, 5.74) is 12.8. The van der Waals surface area contributed by atoms with Gasteiger partial charge in [-0.2, -0.15) is 0 Å². The Bertz CT molecular complexity index is 676. The molecule has 3 rings (SSSR count). The van der Waals surface area contributed by atoms with Crippen molar-refractivity contribution in [2.24, 2.45) is 5.73 Å². The molecule has 6 heteroatoms. The molecule has 0 bridgehead atoms. The van der Waals surface area contributed by atoms with Crippen molar-refractivity contribution in [3.8, 4) is 5.75 Å². The van der Waals surface area contributed by atoms with Gasteiger partial charge in [-0.15, -0.1) is 0 Å². The zero-order valence-electron chi connectivity index (χ0n) is 11.0. The summed E-state index contributed by atoms with van der Waals surface area (Å²) in [4.78, 5) is 19.9. The summed E-state index contributed by atoms with van der Waals surface area (Å²) in [6.07, 6.45) is 0. The van der Waals surface area contributed by atoms with Crippen LogP contribution in [0.4, 0.5) is 5.82 Å². The second-order valence-corrected chi connectivity index (χ2v) is 4.69. The van der Waals surface area contributed by atoms with Gasteiger partial charge >= 0.3 is 0 Å². The minimum Gasteiger partial charge on any atom is -0.492 e. The number of carbonyl (C=O) groups excluding carboxylic acids is 1. The molecule has 0 saturated heterocycles. The number of nitrogen functional groups attached to an aromatic ring is 1. The number of benzene rings is 1. The molecule has 6 nitrogen and oxygen atoms in total. The fourth-order valence-corrected chi connectivity index (χ4v) is 2.45. The van der Waals surface area contributed by atoms with Gasteiger partial charge in [-0.3, -0.25) is 4.79 Å². The molecule has 2 aromatic rings. The number of nitrogens with two attached hydrogens (primary N) is 2. The summed E-state index contributed by atoms with van der Waals surface area (Å²) in [5, 5.41) is 0. The molecular weight excluding hydrogens is 256 g/mol. The molecule has 1 amide bonds. The van der Waals surface area contributed by atoms with Gasteiger partial charge in [0.15, 0.2) is 0 Å². The van der Waals surface area contributed by atoms with Crippen LogP contribution in [0.25, 0.3) is 0 Å². The number of hydrogen-bond donors (Lipinski definition) is 2. The Labute approximate surface area is 115 Å². The smallest absolute Gasteiger partial charge is 0.254 e. The van der Waals surface area contributed by atoms with E-state index in [1.54, 1.807) is 6.92 Å². The van der Waals surface area contributed by atoms with Gasteiger partial charge in [-0.1, -0.05) is 18.2 Å². The SMILES string of the molecule is Cc1nc(C2COc3ccccc32)nc(N)c1C(N)=O. The van der Waals surface area contributed by atoms with E-state index in [1.807, 2.05) is 24.3 Å². The maximum atomic E-state index is 11.3. The van der Waals surface area contributed by atoms with Gasteiger partial charge in [0.25, 0.3) is 5.91 Å². The summed E-state index contributed by atoms with van der Waals surface area (Å²) in [6.45, 7) is 2.16. The molecule has 1 aromatic heterocycles. The molecule has 0 radical (unpaired) electrons. The maximum absolute atomic E-state index is 11.3. The number of rotatable bonds is 2. The van der Waals surface area contributed by atoms with Crippen molar-refractivity contribution in [3.05, 3.63) is 46.9 Å². The number of primary amides is 1. The van der Waals surface area contributed by atoms with E-state index in [1.165, 1.54) is 0 Å². The van der Waals surface area contributed by atoms with Gasteiger partial charge in [-0.25, -0.2) is 9.97 Å². The second-order valence-electron chi connectivity index (χ2n) is 4.69. The fourth-order valence-electron chi connectivity index (χ4n) is 2.45. The average Bonchev–Trinajstić information content (AvgIpc) is 2.81. The van der Waals surface area contributed by atoms with Crippen LogP contribution < -0.4 is 16.2 Å². The first kappa shape index (κ1) is 12.4. The van der Waals surface area contributed by atoms with Crippen LogP contribution in [0.3, 0.4) is 0 Å². The first-order valence-corrected chi connectivity index (χ1v) is 6.23. The van der Waals surface area contributed by atoms with Crippen LogP contribution in [-0.2, 0) is 0 Å². The molecule has 0 fully saturated rings. The molecule has 102 valence electrons. The Morgan fingerprint density at radius 2 is 2.10 bits per heavy atom. The molecule has 2 heterocycles. The molecule has 1 atom stereocenters. The normalized spacial score (nSPS) is 16.6. The Kier molecular flexibility index (Phi) is 2.78. The first-order chi connectivity index (χ1) is 9.58. The lowest BCUT2D eigenvalue weighted by atomic mass is 10.00. The molecule has 20 heavy (non-hydrogen) atoms. The number of aryl methyl sites for hydroxylation is 1. The van der Waals surface area contributed by atoms with Crippen molar-refractivity contribution in [3.63, 3.8) is 0 Å². The molecule has 1 aromatic carbocycles. The highest BCUT2D eigenvalue weighted by Crippen LogP contribution is 2.36. The summed E-state index contributed by atoms with van der Waals surface area (Å²) < 4.78 is 5.61. The lowest BCUT2D eigenvalue weighted by Crippen LogP contribution is -2.20. The average molecular weight is 270 g/mol. The Morgan fingerprint density at radius 1 is 1.35 bits per heavy atom. The van der Waals surface area contributed by atoms with Crippen molar-refractivity contribution in [2.75, 3.05) is 12.3 Å². The molecule has 0 spiro atoms. The van der Waals surface area contributed by atoms with Crippen LogP contribution in [-0.4, -0.2) is 22.5 Å². The summed E-state index contributed by atoms with van der Waals surface area (Å²) >= 11 is 0. The lowest BCUT2D eigenvalue weighted by Gasteiger charge is -2.11. The number of hydrogen-bond acceptors (Lipinski definition) is 5. The molecule has 1 unspecified atom stereocenters. The minimum atomic E-state index is -0.616. The molecular formula is C14H14N4O2. The largest absolute Gasteiger partial charge is 0.492 e. The third kappa shape index (κ3) is 1.85. The molecule has 1 aliphatic rings.